The first-order valence-electron chi connectivity index (χ1n) is 15.0. The zero-order valence-electron chi connectivity index (χ0n) is 31.5. The molecule has 0 aromatic heterocycles. The van der Waals surface area contributed by atoms with E-state index in [1.54, 1.807) is 20.8 Å². The molecule has 0 unspecified atom stereocenters. The molecule has 0 heterocycles. The minimum Gasteiger partial charge on any atom is -0.550 e. The molecule has 0 amide bonds. The fourth-order valence-corrected chi connectivity index (χ4v) is 2.29. The van der Waals surface area contributed by atoms with E-state index in [0.29, 0.717) is 36.5 Å². The number of hydrogen-bond donors (Lipinski definition) is 1. The predicted octanol–water partition coefficient (Wildman–Crippen LogP) is -2.82. The Bertz CT molecular complexity index is 1030. The van der Waals surface area contributed by atoms with E-state index in [9.17, 15) is 44.1 Å². The lowest BCUT2D eigenvalue weighted by Gasteiger charge is -2.29. The summed E-state index contributed by atoms with van der Waals surface area (Å²) in [4.78, 5) is 62.7. The quantitative estimate of drug-likeness (QED) is 0.0700. The second kappa shape index (κ2) is 24.1. The van der Waals surface area contributed by atoms with Crippen LogP contribution in [0, 0.1) is 0 Å². The lowest BCUT2D eigenvalue weighted by molar-refractivity contribution is -0.870. The van der Waals surface area contributed by atoms with Crippen molar-refractivity contribution < 1.29 is 76.9 Å². The smallest absolute Gasteiger partial charge is 0.333 e. The lowest BCUT2D eigenvalue weighted by atomic mass is 9.96. The topological polar surface area (TPSA) is 220 Å². The first-order valence-corrected chi connectivity index (χ1v) is 15.0. The van der Waals surface area contributed by atoms with E-state index in [1.165, 1.54) is 0 Å². The van der Waals surface area contributed by atoms with Crippen LogP contribution in [-0.4, -0.2) is 163 Å². The molecule has 0 aromatic carbocycles. The molecule has 0 atom stereocenters. The van der Waals surface area contributed by atoms with Crippen molar-refractivity contribution in [3.05, 3.63) is 36.5 Å². The fourth-order valence-electron chi connectivity index (χ4n) is 2.29. The van der Waals surface area contributed by atoms with Crippen LogP contribution in [0.5, 0.6) is 0 Å². The van der Waals surface area contributed by atoms with E-state index in [4.69, 9.17) is 19.3 Å². The normalized spacial score (nSPS) is 11.0. The maximum atomic E-state index is 10.9. The van der Waals surface area contributed by atoms with Gasteiger partial charge in [0.25, 0.3) is 0 Å². The van der Waals surface area contributed by atoms with Crippen LogP contribution in [0.2, 0.25) is 0 Å². The number of carbonyl (C=O) groups excluding carboxylic acids is 6. The van der Waals surface area contributed by atoms with Gasteiger partial charge in [0.2, 0.25) is 0 Å². The Kier molecular flexibility index (Phi) is 25.4. The molecule has 0 fully saturated rings. The van der Waals surface area contributed by atoms with E-state index in [0.717, 1.165) is 33.1 Å². The number of nitrogens with zero attached hydrogens (tertiary/aromatic N) is 3. The second-order valence-corrected chi connectivity index (χ2v) is 14.2. The van der Waals surface area contributed by atoms with Gasteiger partial charge in [0.15, 0.2) is 0 Å². The predicted molar refractivity (Wildman–Crippen MR) is 175 cm³/mol. The van der Waals surface area contributed by atoms with Crippen molar-refractivity contribution in [1.29, 1.82) is 0 Å². The van der Waals surface area contributed by atoms with Gasteiger partial charge >= 0.3 is 17.9 Å². The van der Waals surface area contributed by atoms with Gasteiger partial charge in [0, 0.05) is 41.5 Å². The molecule has 1 N–H and O–H groups in total. The molecule has 0 rings (SSSR count). The summed E-state index contributed by atoms with van der Waals surface area (Å²) in [7, 11) is 18.5. The first-order chi connectivity index (χ1) is 21.8. The zero-order chi connectivity index (χ0) is 40.0. The number of quaternary nitrogens is 3. The molecule has 0 saturated carbocycles. The molecule has 284 valence electrons. The highest BCUT2D eigenvalue weighted by molar-refractivity contribution is 5.88. The van der Waals surface area contributed by atoms with Crippen molar-refractivity contribution in [1.82, 2.24) is 0 Å². The van der Waals surface area contributed by atoms with E-state index in [1.807, 2.05) is 0 Å². The Morgan fingerprint density at radius 1 is 0.531 bits per heavy atom. The Morgan fingerprint density at radius 2 is 0.735 bits per heavy atom. The third-order valence-electron chi connectivity index (χ3n) is 5.28. The summed E-state index contributed by atoms with van der Waals surface area (Å²) in [5.74, 6) is -6.89. The van der Waals surface area contributed by atoms with Gasteiger partial charge in [0.1, 0.15) is 45.1 Å². The van der Waals surface area contributed by atoms with Crippen LogP contribution in [0.4, 0.5) is 0 Å². The molecule has 0 aliphatic carbocycles. The van der Waals surface area contributed by atoms with Crippen molar-refractivity contribution >= 4 is 35.8 Å². The highest BCUT2D eigenvalue weighted by atomic mass is 16.5. The summed E-state index contributed by atoms with van der Waals surface area (Å²) in [6.45, 7) is 19.2. The van der Waals surface area contributed by atoms with Crippen LogP contribution in [0.15, 0.2) is 36.5 Å². The second-order valence-electron chi connectivity index (χ2n) is 14.2. The van der Waals surface area contributed by atoms with E-state index in [2.05, 4.69) is 83.2 Å². The lowest BCUT2D eigenvalue weighted by Crippen LogP contribution is -2.54. The standard InChI is InChI=1S/3C9H18NO2.C6H8O7/c3*1-8(2)9(11)12-7-6-10(3,4)5;7-3(8)1-6(13,5(11)12)2-4(9)10/h3*1,6-7H2,2-5H3;13H,1-2H2,(H,7,8)(H,9,10)(H,11,12)/q3*+1;/p-3. The summed E-state index contributed by atoms with van der Waals surface area (Å²) in [5.41, 5.74) is -1.61. The van der Waals surface area contributed by atoms with E-state index in [-0.39, 0.29) is 17.9 Å². The van der Waals surface area contributed by atoms with Crippen LogP contribution >= 0.6 is 0 Å². The first kappa shape index (κ1) is 51.7. The molecule has 49 heavy (non-hydrogen) atoms. The van der Waals surface area contributed by atoms with Crippen LogP contribution in [0.3, 0.4) is 0 Å². The van der Waals surface area contributed by atoms with E-state index >= 15 is 0 Å². The highest BCUT2D eigenvalue weighted by Gasteiger charge is 2.29. The molecule has 0 bridgehead atoms. The number of carboxylic acid groups (broad SMARTS) is 3. The summed E-state index contributed by atoms with van der Waals surface area (Å²) >= 11 is 0. The number of aliphatic carboxylic acids is 3. The molecule has 16 heteroatoms. The molecule has 16 nitrogen and oxygen atoms in total. The number of esters is 3. The average Bonchev–Trinajstić information content (AvgIpc) is 2.86. The summed E-state index contributed by atoms with van der Waals surface area (Å²) in [5, 5.41) is 38.9. The Morgan fingerprint density at radius 3 is 0.857 bits per heavy atom. The van der Waals surface area contributed by atoms with Crippen molar-refractivity contribution in [2.24, 2.45) is 0 Å². The average molecular weight is 706 g/mol. The van der Waals surface area contributed by atoms with Gasteiger partial charge in [-0.05, 0) is 20.8 Å². The third kappa shape index (κ3) is 38.2. The van der Waals surface area contributed by atoms with Crippen LogP contribution < -0.4 is 15.3 Å². The van der Waals surface area contributed by atoms with Crippen molar-refractivity contribution in [2.45, 2.75) is 39.2 Å². The van der Waals surface area contributed by atoms with Crippen molar-refractivity contribution in [2.75, 3.05) is 103 Å². The van der Waals surface area contributed by atoms with Gasteiger partial charge in [-0.1, -0.05) is 19.7 Å². The molecule has 0 aromatic rings. The molecule has 0 aliphatic rings. The SMILES string of the molecule is C=C(C)C(=O)OCC[N+](C)(C)C.C=C(C)C(=O)OCC[N+](C)(C)C.C=C(C)C(=O)OCC[N+](C)(C)C.O=C([O-])CC(O)(CC(=O)[O-])C(=O)[O-]. The zero-order valence-corrected chi connectivity index (χ0v) is 31.5. The summed E-state index contributed by atoms with van der Waals surface area (Å²) < 4.78 is 17.2. The van der Waals surface area contributed by atoms with E-state index < -0.39 is 36.4 Å². The van der Waals surface area contributed by atoms with Gasteiger partial charge in [-0.3, -0.25) is 0 Å². The molecule has 0 saturated heterocycles. The van der Waals surface area contributed by atoms with Gasteiger partial charge < -0.3 is 62.5 Å². The van der Waals surface area contributed by atoms with Gasteiger partial charge in [0.05, 0.1) is 69.4 Å². The van der Waals surface area contributed by atoms with Gasteiger partial charge in [-0.2, -0.15) is 0 Å². The maximum Gasteiger partial charge on any atom is 0.333 e. The fraction of sp³-hybridized carbons (Fsp3) is 0.636. The molecular formula is C33H59N3O13. The number of rotatable bonds is 17. The molecule has 0 spiro atoms. The number of aliphatic hydroxyl groups is 1. The highest BCUT2D eigenvalue weighted by Crippen LogP contribution is 2.13. The van der Waals surface area contributed by atoms with Crippen LogP contribution in [0.25, 0.3) is 0 Å². The number of carbonyl (C=O) groups is 6. The Hall–Kier alpha value is -4.12. The van der Waals surface area contributed by atoms with Crippen LogP contribution in [-0.2, 0) is 43.0 Å². The summed E-state index contributed by atoms with van der Waals surface area (Å²) in [6, 6.07) is 0. The Labute approximate surface area is 291 Å². The largest absolute Gasteiger partial charge is 0.550 e. The number of hydrogen-bond acceptors (Lipinski definition) is 13. The molecule has 0 aliphatic heterocycles. The van der Waals surface area contributed by atoms with Crippen molar-refractivity contribution in [3.63, 3.8) is 0 Å². The number of carboxylic acids is 3. The minimum atomic E-state index is -2.97. The number of likely N-dealkylation sites (N-methyl/N-ethyl adjacent to an activating group) is 3. The molecule has 0 radical (unpaired) electrons. The third-order valence-corrected chi connectivity index (χ3v) is 5.28. The monoisotopic (exact) mass is 705 g/mol. The van der Waals surface area contributed by atoms with Gasteiger partial charge in [-0.25, -0.2) is 14.4 Å². The Balaban J connectivity index is -0.000000276. The summed E-state index contributed by atoms with van der Waals surface area (Å²) in [6.07, 6.45) is -2.72. The number of ether oxygens (including phenoxy) is 3. The maximum absolute atomic E-state index is 10.9. The van der Waals surface area contributed by atoms with Gasteiger partial charge in [-0.15, -0.1) is 0 Å². The minimum absolute atomic E-state index is 0.302. The van der Waals surface area contributed by atoms with Crippen LogP contribution in [0.1, 0.15) is 33.6 Å². The van der Waals surface area contributed by atoms with Crippen molar-refractivity contribution in [3.8, 4) is 0 Å². The molecular weight excluding hydrogens is 646 g/mol.